The van der Waals surface area contributed by atoms with Gasteiger partial charge in [0.1, 0.15) is 0 Å². The maximum Gasteiger partial charge on any atom is 0.272 e. The van der Waals surface area contributed by atoms with Crippen molar-refractivity contribution in [1.29, 1.82) is 0 Å². The van der Waals surface area contributed by atoms with Crippen LogP contribution in [0.4, 0.5) is 0 Å². The number of H-pyrrole nitrogens is 1. The Bertz CT molecular complexity index is 825. The summed E-state index contributed by atoms with van der Waals surface area (Å²) in [4.78, 5) is 12.2. The van der Waals surface area contributed by atoms with Gasteiger partial charge < -0.3 is 5.32 Å². The summed E-state index contributed by atoms with van der Waals surface area (Å²) in [5.74, 6) is -0.175. The maximum absolute atomic E-state index is 12.2. The Balaban J connectivity index is 1.56. The third kappa shape index (κ3) is 3.43. The summed E-state index contributed by atoms with van der Waals surface area (Å²) < 4.78 is 22.4. The Kier molecular flexibility index (Phi) is 4.18. The van der Waals surface area contributed by atoms with E-state index in [1.165, 1.54) is 12.1 Å². The predicted octanol–water partition coefficient (Wildman–Crippen LogP) is 0.518. The third-order valence-electron chi connectivity index (χ3n) is 3.97. The number of carbonyl (C=O) groups excluding carboxylic acids is 1. The lowest BCUT2D eigenvalue weighted by molar-refractivity contribution is 0.0948. The number of primary sulfonamides is 1. The zero-order chi connectivity index (χ0) is 16.4. The van der Waals surface area contributed by atoms with E-state index < -0.39 is 10.0 Å². The molecule has 8 heteroatoms. The molecule has 7 nitrogen and oxygen atoms in total. The lowest BCUT2D eigenvalue weighted by Crippen LogP contribution is -2.26. The molecule has 0 bridgehead atoms. The molecule has 2 aromatic rings. The standard InChI is InChI=1S/C15H18N4O3S/c16-23(21,22)11-6-4-10(5-7-11)8-9-17-15(20)14-12-2-1-3-13(12)18-19-14/h4-7H,1-3,8-9H2,(H,17,20)(H,18,19)(H2,16,21,22). The number of nitrogens with two attached hydrogens (primary N) is 1. The molecule has 1 aliphatic rings. The van der Waals surface area contributed by atoms with Crippen LogP contribution < -0.4 is 10.5 Å². The first-order valence-electron chi connectivity index (χ1n) is 7.41. The van der Waals surface area contributed by atoms with Crippen LogP contribution in [0.1, 0.15) is 33.7 Å². The summed E-state index contributed by atoms with van der Waals surface area (Å²) in [6.45, 7) is 0.454. The molecule has 3 rings (SSSR count). The van der Waals surface area contributed by atoms with Crippen molar-refractivity contribution in [3.8, 4) is 0 Å². The van der Waals surface area contributed by atoms with Crippen molar-refractivity contribution >= 4 is 15.9 Å². The summed E-state index contributed by atoms with van der Waals surface area (Å²) >= 11 is 0. The highest BCUT2D eigenvalue weighted by molar-refractivity contribution is 7.89. The highest BCUT2D eigenvalue weighted by Crippen LogP contribution is 2.22. The molecule has 1 amide bonds. The van der Waals surface area contributed by atoms with Gasteiger partial charge in [0, 0.05) is 17.8 Å². The zero-order valence-electron chi connectivity index (χ0n) is 12.5. The molecule has 0 saturated heterocycles. The van der Waals surface area contributed by atoms with Gasteiger partial charge in [-0.3, -0.25) is 9.89 Å². The number of hydrogen-bond donors (Lipinski definition) is 3. The van der Waals surface area contributed by atoms with Crippen LogP contribution in [0.3, 0.4) is 0 Å². The van der Waals surface area contributed by atoms with Crippen molar-refractivity contribution in [2.45, 2.75) is 30.6 Å². The van der Waals surface area contributed by atoms with Gasteiger partial charge >= 0.3 is 0 Å². The van der Waals surface area contributed by atoms with Crippen molar-refractivity contribution in [1.82, 2.24) is 15.5 Å². The first kappa shape index (κ1) is 15.7. The van der Waals surface area contributed by atoms with Gasteiger partial charge in [-0.15, -0.1) is 0 Å². The van der Waals surface area contributed by atoms with E-state index >= 15 is 0 Å². The number of fused-ring (bicyclic) bond motifs is 1. The third-order valence-corrected chi connectivity index (χ3v) is 4.90. The van der Waals surface area contributed by atoms with Gasteiger partial charge in [-0.2, -0.15) is 5.10 Å². The first-order chi connectivity index (χ1) is 10.9. The average molecular weight is 334 g/mol. The SMILES string of the molecule is NS(=O)(=O)c1ccc(CCNC(=O)c2n[nH]c3c2CCC3)cc1. The summed E-state index contributed by atoms with van der Waals surface area (Å²) in [6, 6.07) is 6.32. The van der Waals surface area contributed by atoms with Crippen LogP contribution in [-0.4, -0.2) is 31.1 Å². The molecular weight excluding hydrogens is 316 g/mol. The summed E-state index contributed by atoms with van der Waals surface area (Å²) in [7, 11) is -3.67. The molecule has 1 aromatic heterocycles. The fourth-order valence-corrected chi connectivity index (χ4v) is 3.27. The maximum atomic E-state index is 12.2. The molecule has 0 atom stereocenters. The monoisotopic (exact) mass is 334 g/mol. The molecule has 4 N–H and O–H groups in total. The minimum atomic E-state index is -3.67. The van der Waals surface area contributed by atoms with E-state index in [9.17, 15) is 13.2 Å². The molecule has 23 heavy (non-hydrogen) atoms. The number of hydrogen-bond acceptors (Lipinski definition) is 4. The van der Waals surface area contributed by atoms with Gasteiger partial charge in [-0.1, -0.05) is 12.1 Å². The van der Waals surface area contributed by atoms with Crippen LogP contribution in [-0.2, 0) is 29.3 Å². The Hall–Kier alpha value is -2.19. The fourth-order valence-electron chi connectivity index (χ4n) is 2.76. The van der Waals surface area contributed by atoms with E-state index in [1.54, 1.807) is 12.1 Å². The van der Waals surface area contributed by atoms with E-state index in [1.807, 2.05) is 0 Å². The second-order valence-corrected chi connectivity index (χ2v) is 7.14. The number of benzene rings is 1. The van der Waals surface area contributed by atoms with Gasteiger partial charge in [0.15, 0.2) is 5.69 Å². The molecule has 1 aliphatic carbocycles. The second kappa shape index (κ2) is 6.13. The summed E-state index contributed by atoms with van der Waals surface area (Å²) in [5.41, 5.74) is 3.50. The molecule has 0 fully saturated rings. The Morgan fingerprint density at radius 3 is 2.70 bits per heavy atom. The average Bonchev–Trinajstić information content (AvgIpc) is 3.09. The van der Waals surface area contributed by atoms with Gasteiger partial charge in [0.05, 0.1) is 4.90 Å². The predicted molar refractivity (Wildman–Crippen MR) is 84.5 cm³/mol. The highest BCUT2D eigenvalue weighted by atomic mass is 32.2. The largest absolute Gasteiger partial charge is 0.350 e. The van der Waals surface area contributed by atoms with E-state index in [-0.39, 0.29) is 10.8 Å². The van der Waals surface area contributed by atoms with Crippen LogP contribution in [0.2, 0.25) is 0 Å². The number of amides is 1. The molecular formula is C15H18N4O3S. The van der Waals surface area contributed by atoms with Gasteiger partial charge in [-0.05, 0) is 43.4 Å². The molecule has 0 saturated carbocycles. The smallest absolute Gasteiger partial charge is 0.272 e. The Labute approximate surface area is 134 Å². The van der Waals surface area contributed by atoms with Crippen LogP contribution in [0.15, 0.2) is 29.2 Å². The van der Waals surface area contributed by atoms with E-state index in [0.717, 1.165) is 36.1 Å². The van der Waals surface area contributed by atoms with Gasteiger partial charge in [0.2, 0.25) is 10.0 Å². The minimum Gasteiger partial charge on any atom is -0.350 e. The molecule has 0 unspecified atom stereocenters. The Morgan fingerprint density at radius 1 is 1.26 bits per heavy atom. The number of aromatic amines is 1. The molecule has 1 heterocycles. The topological polar surface area (TPSA) is 118 Å². The lowest BCUT2D eigenvalue weighted by atomic mass is 10.1. The number of carbonyl (C=O) groups is 1. The Morgan fingerprint density at radius 2 is 2.00 bits per heavy atom. The summed E-state index contributed by atoms with van der Waals surface area (Å²) in [5, 5.41) is 14.9. The normalized spacial score (nSPS) is 13.8. The zero-order valence-corrected chi connectivity index (χ0v) is 13.3. The van der Waals surface area contributed by atoms with E-state index in [2.05, 4.69) is 15.5 Å². The number of rotatable bonds is 5. The highest BCUT2D eigenvalue weighted by Gasteiger charge is 2.22. The number of nitrogens with one attached hydrogen (secondary N) is 2. The second-order valence-electron chi connectivity index (χ2n) is 5.58. The molecule has 122 valence electrons. The van der Waals surface area contributed by atoms with Crippen LogP contribution in [0, 0.1) is 0 Å². The van der Waals surface area contributed by atoms with Crippen molar-refractivity contribution in [2.75, 3.05) is 6.54 Å². The number of aryl methyl sites for hydroxylation is 1. The van der Waals surface area contributed by atoms with Crippen LogP contribution >= 0.6 is 0 Å². The number of nitrogens with zero attached hydrogens (tertiary/aromatic N) is 1. The van der Waals surface area contributed by atoms with Crippen LogP contribution in [0.5, 0.6) is 0 Å². The van der Waals surface area contributed by atoms with Gasteiger partial charge in [0.25, 0.3) is 5.91 Å². The molecule has 1 aromatic carbocycles. The molecule has 0 aliphatic heterocycles. The fraction of sp³-hybridized carbons (Fsp3) is 0.333. The quantitative estimate of drug-likeness (QED) is 0.738. The molecule has 0 radical (unpaired) electrons. The van der Waals surface area contributed by atoms with Crippen LogP contribution in [0.25, 0.3) is 0 Å². The lowest BCUT2D eigenvalue weighted by Gasteiger charge is -2.05. The van der Waals surface area contributed by atoms with E-state index in [0.29, 0.717) is 18.7 Å². The molecule has 0 spiro atoms. The number of sulfonamides is 1. The first-order valence-corrected chi connectivity index (χ1v) is 8.96. The van der Waals surface area contributed by atoms with Crippen molar-refractivity contribution < 1.29 is 13.2 Å². The van der Waals surface area contributed by atoms with Crippen molar-refractivity contribution in [3.63, 3.8) is 0 Å². The minimum absolute atomic E-state index is 0.0809. The van der Waals surface area contributed by atoms with E-state index in [4.69, 9.17) is 5.14 Å². The van der Waals surface area contributed by atoms with Crippen molar-refractivity contribution in [2.24, 2.45) is 5.14 Å². The van der Waals surface area contributed by atoms with Gasteiger partial charge in [-0.25, -0.2) is 13.6 Å². The number of aromatic nitrogens is 2. The van der Waals surface area contributed by atoms with Crippen molar-refractivity contribution in [3.05, 3.63) is 46.8 Å². The summed E-state index contributed by atoms with van der Waals surface area (Å²) in [6.07, 6.45) is 3.50.